The maximum Gasteiger partial charge on any atom is 0.378 e. The van der Waals surface area contributed by atoms with Gasteiger partial charge in [-0.3, -0.25) is 4.79 Å². The lowest BCUT2D eigenvalue weighted by molar-refractivity contribution is -0.126. The molecule has 4 saturated carbocycles. The Balaban J connectivity index is 1.15. The molecule has 6 rings (SSSR count). The molecule has 0 atom stereocenters. The molecule has 28 heavy (non-hydrogen) atoms. The van der Waals surface area contributed by atoms with Crippen LogP contribution in [0.4, 0.5) is 0 Å². The highest BCUT2D eigenvalue weighted by Gasteiger charge is 2.50. The number of carbonyl (C=O) groups excluding carboxylic acids is 2. The summed E-state index contributed by atoms with van der Waals surface area (Å²) in [7, 11) is 0. The number of carbonyl (C=O) groups is 2. The minimum Gasteiger partial charge on any atom is -0.450 e. The second-order valence-electron chi connectivity index (χ2n) is 9.00. The van der Waals surface area contributed by atoms with E-state index in [2.05, 4.69) is 20.4 Å². The molecule has 0 saturated heterocycles. The molecule has 0 aromatic carbocycles. The zero-order valence-corrected chi connectivity index (χ0v) is 16.1. The molecule has 0 spiro atoms. The molecule has 4 aliphatic carbocycles. The predicted octanol–water partition coefficient (Wildman–Crippen LogP) is 1.92. The first-order chi connectivity index (χ1) is 13.5. The number of nitrogens with one attached hydrogen (secondary N) is 1. The number of nitrogens with zero attached hydrogens (tertiary/aromatic N) is 4. The van der Waals surface area contributed by atoms with E-state index in [-0.39, 0.29) is 23.8 Å². The number of rotatable bonds is 5. The normalized spacial score (nSPS) is 30.5. The first-order valence-electron chi connectivity index (χ1n) is 10.1. The largest absolute Gasteiger partial charge is 0.450 e. The third-order valence-corrected chi connectivity index (χ3v) is 6.77. The predicted molar refractivity (Wildman–Crippen MR) is 99.4 cm³/mol. The van der Waals surface area contributed by atoms with Crippen molar-refractivity contribution in [3.05, 3.63) is 23.8 Å². The maximum absolute atomic E-state index is 12.3. The van der Waals surface area contributed by atoms with Crippen LogP contribution in [0.2, 0.25) is 0 Å². The van der Waals surface area contributed by atoms with Crippen molar-refractivity contribution in [3.63, 3.8) is 0 Å². The third-order valence-electron chi connectivity index (χ3n) is 6.77. The Bertz CT molecular complexity index is 902. The van der Waals surface area contributed by atoms with Gasteiger partial charge in [-0.1, -0.05) is 0 Å². The molecule has 1 N–H and O–H groups in total. The number of aryl methyl sites for hydroxylation is 1. The van der Waals surface area contributed by atoms with Crippen LogP contribution in [-0.2, 0) is 9.53 Å². The first-order valence-corrected chi connectivity index (χ1v) is 10.1. The summed E-state index contributed by atoms with van der Waals surface area (Å²) in [6, 6.07) is 1.77. The number of hydrogen-bond acceptors (Lipinski definition) is 6. The van der Waals surface area contributed by atoms with Gasteiger partial charge in [0.2, 0.25) is 0 Å². The van der Waals surface area contributed by atoms with Crippen molar-refractivity contribution < 1.29 is 14.3 Å². The van der Waals surface area contributed by atoms with Crippen molar-refractivity contribution in [1.29, 1.82) is 0 Å². The lowest BCUT2D eigenvalue weighted by Crippen LogP contribution is -2.51. The summed E-state index contributed by atoms with van der Waals surface area (Å²) >= 11 is 0. The number of ether oxygens (including phenoxy) is 1. The Kier molecular flexibility index (Phi) is 4.10. The van der Waals surface area contributed by atoms with E-state index < -0.39 is 5.97 Å². The van der Waals surface area contributed by atoms with Gasteiger partial charge in [0.1, 0.15) is 0 Å². The van der Waals surface area contributed by atoms with Crippen LogP contribution in [0.1, 0.15) is 54.8 Å². The lowest BCUT2D eigenvalue weighted by atomic mass is 9.49. The Morgan fingerprint density at radius 3 is 2.54 bits per heavy atom. The Morgan fingerprint density at radius 1 is 1.21 bits per heavy atom. The van der Waals surface area contributed by atoms with Crippen molar-refractivity contribution in [1.82, 2.24) is 24.9 Å². The fourth-order valence-electron chi connectivity index (χ4n) is 6.03. The summed E-state index contributed by atoms with van der Waals surface area (Å²) in [5.41, 5.74) is 1.07. The molecular weight excluding hydrogens is 358 g/mol. The van der Waals surface area contributed by atoms with Gasteiger partial charge >= 0.3 is 5.97 Å². The van der Waals surface area contributed by atoms with E-state index in [1.54, 1.807) is 12.3 Å². The van der Waals surface area contributed by atoms with Gasteiger partial charge in [-0.25, -0.2) is 14.3 Å². The minimum atomic E-state index is -0.713. The van der Waals surface area contributed by atoms with Crippen molar-refractivity contribution >= 4 is 17.7 Å². The van der Waals surface area contributed by atoms with Crippen LogP contribution in [-0.4, -0.2) is 44.6 Å². The zero-order chi connectivity index (χ0) is 19.3. The molecule has 2 aromatic rings. The highest BCUT2D eigenvalue weighted by atomic mass is 16.5. The standard InChI is InChI=1S/C20H25N5O3/c1-12-2-3-21-19-23-17(24-25(12)19)18(27)28-10-16(26)22-11-20-7-13-4-14(8-20)6-15(5-13)9-20/h2-3,13-15H,4-11H2,1H3,(H,22,26). The van der Waals surface area contributed by atoms with Gasteiger partial charge < -0.3 is 10.1 Å². The summed E-state index contributed by atoms with van der Waals surface area (Å²) in [6.45, 7) is 2.23. The van der Waals surface area contributed by atoms with Gasteiger partial charge in [0.05, 0.1) is 0 Å². The summed E-state index contributed by atoms with van der Waals surface area (Å²) in [5, 5.41) is 7.11. The summed E-state index contributed by atoms with van der Waals surface area (Å²) in [6.07, 6.45) is 9.44. The second-order valence-corrected chi connectivity index (χ2v) is 9.00. The third kappa shape index (κ3) is 3.14. The Labute approximate surface area is 163 Å². The molecule has 4 bridgehead atoms. The molecule has 2 aromatic heterocycles. The van der Waals surface area contributed by atoms with Crippen molar-refractivity contribution in [2.45, 2.75) is 45.4 Å². The van der Waals surface area contributed by atoms with Gasteiger partial charge in [0, 0.05) is 18.4 Å². The van der Waals surface area contributed by atoms with Gasteiger partial charge in [0.15, 0.2) is 6.61 Å². The molecule has 0 radical (unpaired) electrons. The smallest absolute Gasteiger partial charge is 0.378 e. The molecular formula is C20H25N5O3. The molecule has 8 heteroatoms. The summed E-state index contributed by atoms with van der Waals surface area (Å²) < 4.78 is 6.59. The number of fused-ring (bicyclic) bond motifs is 1. The minimum absolute atomic E-state index is 0.0873. The van der Waals surface area contributed by atoms with Crippen LogP contribution in [0, 0.1) is 30.1 Å². The van der Waals surface area contributed by atoms with Crippen LogP contribution in [0.5, 0.6) is 0 Å². The van der Waals surface area contributed by atoms with Crippen LogP contribution in [0.3, 0.4) is 0 Å². The van der Waals surface area contributed by atoms with E-state index in [0.717, 1.165) is 23.4 Å². The Morgan fingerprint density at radius 2 is 1.89 bits per heavy atom. The average Bonchev–Trinajstić information content (AvgIpc) is 3.09. The fourth-order valence-corrected chi connectivity index (χ4v) is 6.03. The van der Waals surface area contributed by atoms with E-state index in [0.29, 0.717) is 12.3 Å². The maximum atomic E-state index is 12.3. The van der Waals surface area contributed by atoms with Gasteiger partial charge in [0.25, 0.3) is 17.5 Å². The second kappa shape index (κ2) is 6.53. The topological polar surface area (TPSA) is 98.5 Å². The molecule has 4 aliphatic rings. The SMILES string of the molecule is Cc1ccnc2nc(C(=O)OCC(=O)NCC34CC5CC(CC(C5)C3)C4)nn12. The molecule has 4 fully saturated rings. The van der Waals surface area contributed by atoms with Gasteiger partial charge in [-0.15, -0.1) is 5.10 Å². The van der Waals surface area contributed by atoms with Crippen molar-refractivity contribution in [3.8, 4) is 0 Å². The van der Waals surface area contributed by atoms with Crippen molar-refractivity contribution in [2.75, 3.05) is 13.2 Å². The number of aromatic nitrogens is 4. The molecule has 0 aliphatic heterocycles. The first kappa shape index (κ1) is 17.6. The fraction of sp³-hybridized carbons (Fsp3) is 0.650. The summed E-state index contributed by atoms with van der Waals surface area (Å²) in [5.74, 6) is 1.81. The van der Waals surface area contributed by atoms with E-state index in [9.17, 15) is 9.59 Å². The van der Waals surface area contributed by atoms with Gasteiger partial charge in [-0.2, -0.15) is 4.98 Å². The number of amides is 1. The summed E-state index contributed by atoms with van der Waals surface area (Å²) in [4.78, 5) is 32.6. The van der Waals surface area contributed by atoms with Crippen molar-refractivity contribution in [2.24, 2.45) is 23.2 Å². The van der Waals surface area contributed by atoms with E-state index in [4.69, 9.17) is 4.74 Å². The van der Waals surface area contributed by atoms with Crippen LogP contribution in [0.25, 0.3) is 5.78 Å². The zero-order valence-electron chi connectivity index (χ0n) is 16.1. The lowest BCUT2D eigenvalue weighted by Gasteiger charge is -2.56. The molecule has 0 unspecified atom stereocenters. The molecule has 148 valence electrons. The highest BCUT2D eigenvalue weighted by molar-refractivity contribution is 5.88. The van der Waals surface area contributed by atoms with E-state index in [1.165, 1.54) is 43.0 Å². The van der Waals surface area contributed by atoms with E-state index in [1.807, 2.05) is 6.92 Å². The Hall–Kier alpha value is -2.51. The monoisotopic (exact) mass is 383 g/mol. The molecule has 2 heterocycles. The molecule has 8 nitrogen and oxygen atoms in total. The number of esters is 1. The van der Waals surface area contributed by atoms with Crippen LogP contribution >= 0.6 is 0 Å². The average molecular weight is 383 g/mol. The van der Waals surface area contributed by atoms with Gasteiger partial charge in [-0.05, 0) is 74.7 Å². The highest BCUT2D eigenvalue weighted by Crippen LogP contribution is 2.59. The van der Waals surface area contributed by atoms with Crippen LogP contribution in [0.15, 0.2) is 12.3 Å². The molecule has 1 amide bonds. The van der Waals surface area contributed by atoms with E-state index >= 15 is 0 Å². The quantitative estimate of drug-likeness (QED) is 0.792. The number of hydrogen-bond donors (Lipinski definition) is 1. The van der Waals surface area contributed by atoms with Crippen LogP contribution < -0.4 is 5.32 Å².